The Kier molecular flexibility index (Phi) is 6.01. The minimum atomic E-state index is 0.588. The number of benzene rings is 2. The van der Waals surface area contributed by atoms with E-state index in [0.717, 1.165) is 19.0 Å². The van der Waals surface area contributed by atoms with Crippen LogP contribution < -0.4 is 0 Å². The molecule has 2 aromatic rings. The second kappa shape index (κ2) is 7.99. The molecule has 0 saturated heterocycles. The summed E-state index contributed by atoms with van der Waals surface area (Å²) in [6.45, 7) is 9.00. The van der Waals surface area contributed by atoms with Gasteiger partial charge in [-0.25, -0.2) is 0 Å². The van der Waals surface area contributed by atoms with E-state index in [2.05, 4.69) is 86.3 Å². The van der Waals surface area contributed by atoms with Crippen molar-refractivity contribution in [2.24, 2.45) is 5.92 Å². The lowest BCUT2D eigenvalue weighted by molar-refractivity contribution is 0.169. The van der Waals surface area contributed by atoms with E-state index in [0.29, 0.717) is 6.04 Å². The second-order valence-corrected chi connectivity index (χ2v) is 6.35. The monoisotopic (exact) mass is 281 g/mol. The molecule has 112 valence electrons. The molecule has 0 N–H and O–H groups in total. The van der Waals surface area contributed by atoms with Crippen LogP contribution in [-0.4, -0.2) is 10.9 Å². The minimum Gasteiger partial charge on any atom is -0.292 e. The molecule has 0 aliphatic rings. The van der Waals surface area contributed by atoms with Crippen LogP contribution in [0.25, 0.3) is 0 Å². The Labute approximate surface area is 129 Å². The van der Waals surface area contributed by atoms with Crippen LogP contribution in [0.3, 0.4) is 0 Å². The molecular formula is C20H27N. The van der Waals surface area contributed by atoms with Crippen LogP contribution in [0.15, 0.2) is 60.7 Å². The lowest BCUT2D eigenvalue weighted by atomic mass is 10.0. The molecule has 0 heterocycles. The van der Waals surface area contributed by atoms with Gasteiger partial charge in [-0.3, -0.25) is 4.90 Å². The van der Waals surface area contributed by atoms with Gasteiger partial charge in [0.15, 0.2) is 0 Å². The maximum absolute atomic E-state index is 2.59. The van der Waals surface area contributed by atoms with Gasteiger partial charge in [-0.2, -0.15) is 0 Å². The van der Waals surface area contributed by atoms with E-state index in [-0.39, 0.29) is 0 Å². The van der Waals surface area contributed by atoms with Crippen molar-refractivity contribution in [2.45, 2.75) is 46.3 Å². The smallest absolute Gasteiger partial charge is 0.0240 e. The predicted octanol–water partition coefficient (Wildman–Crippen LogP) is 5.12. The molecule has 0 radical (unpaired) electrons. The quantitative estimate of drug-likeness (QED) is 0.680. The first-order valence-corrected chi connectivity index (χ1v) is 7.97. The summed E-state index contributed by atoms with van der Waals surface area (Å²) in [6, 6.07) is 22.2. The summed E-state index contributed by atoms with van der Waals surface area (Å²) in [7, 11) is 0. The highest BCUT2D eigenvalue weighted by atomic mass is 15.1. The fourth-order valence-electron chi connectivity index (χ4n) is 2.83. The normalized spacial score (nSPS) is 12.8. The number of hydrogen-bond acceptors (Lipinski definition) is 1. The molecule has 1 nitrogen and oxygen atoms in total. The predicted molar refractivity (Wildman–Crippen MR) is 91.0 cm³/mol. The molecule has 2 aromatic carbocycles. The van der Waals surface area contributed by atoms with E-state index in [1.165, 1.54) is 17.5 Å². The highest BCUT2D eigenvalue weighted by Gasteiger charge is 2.16. The van der Waals surface area contributed by atoms with Crippen molar-refractivity contribution in [3.8, 4) is 0 Å². The van der Waals surface area contributed by atoms with Crippen LogP contribution in [-0.2, 0) is 13.1 Å². The van der Waals surface area contributed by atoms with Gasteiger partial charge in [-0.1, -0.05) is 74.5 Å². The van der Waals surface area contributed by atoms with Crippen LogP contribution in [0, 0.1) is 5.92 Å². The van der Waals surface area contributed by atoms with Gasteiger partial charge in [0, 0.05) is 19.1 Å². The zero-order valence-electron chi connectivity index (χ0n) is 13.5. The Morgan fingerprint density at radius 3 is 1.52 bits per heavy atom. The Hall–Kier alpha value is -1.60. The molecule has 21 heavy (non-hydrogen) atoms. The molecule has 1 atom stereocenters. The number of rotatable bonds is 7. The highest BCUT2D eigenvalue weighted by molar-refractivity contribution is 5.17. The summed E-state index contributed by atoms with van der Waals surface area (Å²) in [4.78, 5) is 2.59. The van der Waals surface area contributed by atoms with Crippen molar-refractivity contribution in [3.05, 3.63) is 71.8 Å². The van der Waals surface area contributed by atoms with Gasteiger partial charge in [0.05, 0.1) is 0 Å². The molecule has 0 spiro atoms. The Balaban J connectivity index is 2.10. The fourth-order valence-corrected chi connectivity index (χ4v) is 2.83. The van der Waals surface area contributed by atoms with Gasteiger partial charge in [-0.15, -0.1) is 0 Å². The molecule has 2 rings (SSSR count). The topological polar surface area (TPSA) is 3.24 Å². The second-order valence-electron chi connectivity index (χ2n) is 6.35. The van der Waals surface area contributed by atoms with E-state index in [1.807, 2.05) is 0 Å². The third kappa shape index (κ3) is 5.35. The summed E-state index contributed by atoms with van der Waals surface area (Å²) in [6.07, 6.45) is 1.24. The van der Waals surface area contributed by atoms with E-state index >= 15 is 0 Å². The van der Waals surface area contributed by atoms with Crippen LogP contribution in [0.5, 0.6) is 0 Å². The number of hydrogen-bond donors (Lipinski definition) is 0. The molecular weight excluding hydrogens is 254 g/mol. The Bertz CT molecular complexity index is 462. The maximum Gasteiger partial charge on any atom is 0.0240 e. The molecule has 1 heteroatoms. The van der Waals surface area contributed by atoms with Crippen molar-refractivity contribution in [3.63, 3.8) is 0 Å². The summed E-state index contributed by atoms with van der Waals surface area (Å²) in [5.41, 5.74) is 2.79. The standard InChI is InChI=1S/C20H27N/c1-17(2)14-18(3)21(15-19-10-6-4-7-11-19)16-20-12-8-5-9-13-20/h4-13,17-18H,14-16H2,1-3H3. The molecule has 0 bridgehead atoms. The zero-order chi connectivity index (χ0) is 15.1. The van der Waals surface area contributed by atoms with Crippen molar-refractivity contribution >= 4 is 0 Å². The molecule has 0 aliphatic heterocycles. The summed E-state index contributed by atoms with van der Waals surface area (Å²) < 4.78 is 0. The molecule has 0 aromatic heterocycles. The van der Waals surface area contributed by atoms with E-state index in [4.69, 9.17) is 0 Å². The molecule has 1 unspecified atom stereocenters. The van der Waals surface area contributed by atoms with Crippen LogP contribution >= 0.6 is 0 Å². The van der Waals surface area contributed by atoms with Crippen molar-refractivity contribution in [1.82, 2.24) is 4.90 Å². The molecule has 0 fully saturated rings. The maximum atomic E-state index is 2.59. The van der Waals surface area contributed by atoms with E-state index in [9.17, 15) is 0 Å². The average molecular weight is 281 g/mol. The summed E-state index contributed by atoms with van der Waals surface area (Å²) >= 11 is 0. The first-order chi connectivity index (χ1) is 10.1. The van der Waals surface area contributed by atoms with Gasteiger partial charge >= 0.3 is 0 Å². The first kappa shape index (κ1) is 15.8. The lowest BCUT2D eigenvalue weighted by Crippen LogP contribution is -2.33. The molecule has 0 amide bonds. The third-order valence-electron chi connectivity index (χ3n) is 3.89. The zero-order valence-corrected chi connectivity index (χ0v) is 13.5. The highest BCUT2D eigenvalue weighted by Crippen LogP contribution is 2.18. The largest absolute Gasteiger partial charge is 0.292 e. The van der Waals surface area contributed by atoms with E-state index < -0.39 is 0 Å². The summed E-state index contributed by atoms with van der Waals surface area (Å²) in [5.74, 6) is 0.731. The fraction of sp³-hybridized carbons (Fsp3) is 0.400. The van der Waals surface area contributed by atoms with Gasteiger partial charge in [-0.05, 0) is 30.4 Å². The van der Waals surface area contributed by atoms with Crippen molar-refractivity contribution < 1.29 is 0 Å². The molecule has 0 saturated carbocycles. The van der Waals surface area contributed by atoms with Gasteiger partial charge in [0.25, 0.3) is 0 Å². The lowest BCUT2D eigenvalue weighted by Gasteiger charge is -2.30. The van der Waals surface area contributed by atoms with Crippen LogP contribution in [0.1, 0.15) is 38.3 Å². The average Bonchev–Trinajstić information content (AvgIpc) is 2.48. The SMILES string of the molecule is CC(C)CC(C)N(Cc1ccccc1)Cc1ccccc1. The summed E-state index contributed by atoms with van der Waals surface area (Å²) in [5, 5.41) is 0. The van der Waals surface area contributed by atoms with Crippen LogP contribution in [0.2, 0.25) is 0 Å². The Morgan fingerprint density at radius 1 is 0.714 bits per heavy atom. The number of nitrogens with zero attached hydrogens (tertiary/aromatic N) is 1. The van der Waals surface area contributed by atoms with Gasteiger partial charge in [0.2, 0.25) is 0 Å². The van der Waals surface area contributed by atoms with Crippen molar-refractivity contribution in [2.75, 3.05) is 0 Å². The third-order valence-corrected chi connectivity index (χ3v) is 3.89. The molecule has 0 aliphatic carbocycles. The van der Waals surface area contributed by atoms with Crippen LogP contribution in [0.4, 0.5) is 0 Å². The Morgan fingerprint density at radius 2 is 1.14 bits per heavy atom. The minimum absolute atomic E-state index is 0.588. The first-order valence-electron chi connectivity index (χ1n) is 7.97. The van der Waals surface area contributed by atoms with Gasteiger partial charge < -0.3 is 0 Å². The van der Waals surface area contributed by atoms with Crippen molar-refractivity contribution in [1.29, 1.82) is 0 Å². The van der Waals surface area contributed by atoms with Gasteiger partial charge in [0.1, 0.15) is 0 Å². The van der Waals surface area contributed by atoms with E-state index in [1.54, 1.807) is 0 Å².